The molecular weight excluding hydrogens is 452 g/mol. The molecule has 0 fully saturated rings. The number of benzene rings is 2. The molecule has 3 rings (SSSR count). The minimum atomic E-state index is -5.01. The van der Waals surface area contributed by atoms with Crippen LogP contribution in [-0.2, 0) is 27.9 Å². The average molecular weight is 474 g/mol. The van der Waals surface area contributed by atoms with Gasteiger partial charge in [0, 0.05) is 19.2 Å². The number of carbonyl (C=O) groups excluding carboxylic acids is 1. The Kier molecular flexibility index (Phi) is 6.97. The maximum atomic E-state index is 14.4. The highest BCUT2D eigenvalue weighted by Gasteiger charge is 2.44. The summed E-state index contributed by atoms with van der Waals surface area (Å²) in [5.74, 6) is -2.55. The van der Waals surface area contributed by atoms with Crippen molar-refractivity contribution in [2.75, 3.05) is 11.3 Å². The van der Waals surface area contributed by atoms with Gasteiger partial charge in [-0.1, -0.05) is 25.8 Å². The Hall–Kier alpha value is -2.82. The van der Waals surface area contributed by atoms with Crippen molar-refractivity contribution in [1.29, 1.82) is 0 Å². The van der Waals surface area contributed by atoms with Crippen LogP contribution in [0.1, 0.15) is 37.3 Å². The van der Waals surface area contributed by atoms with Crippen LogP contribution in [0.25, 0.3) is 0 Å². The third-order valence-electron chi connectivity index (χ3n) is 4.94. The molecule has 0 atom stereocenters. The fourth-order valence-corrected chi connectivity index (χ4v) is 4.39. The lowest BCUT2D eigenvalue weighted by Gasteiger charge is -2.16. The van der Waals surface area contributed by atoms with Gasteiger partial charge in [0.25, 0.3) is 10.0 Å². The van der Waals surface area contributed by atoms with Gasteiger partial charge in [-0.05, 0) is 41.8 Å². The lowest BCUT2D eigenvalue weighted by Crippen LogP contribution is -2.37. The highest BCUT2D eigenvalue weighted by molar-refractivity contribution is 7.92. The Labute approximate surface area is 183 Å². The van der Waals surface area contributed by atoms with Crippen molar-refractivity contribution in [3.05, 3.63) is 53.3 Å². The molecule has 0 saturated heterocycles. The zero-order chi connectivity index (χ0) is 23.5. The Morgan fingerprint density at radius 3 is 2.47 bits per heavy atom. The van der Waals surface area contributed by atoms with Crippen molar-refractivity contribution in [3.8, 4) is 5.75 Å². The predicted molar refractivity (Wildman–Crippen MR) is 109 cm³/mol. The molecule has 1 amide bonds. The van der Waals surface area contributed by atoms with E-state index in [4.69, 9.17) is 4.74 Å². The molecule has 2 aromatic rings. The van der Waals surface area contributed by atoms with Gasteiger partial charge in [0.1, 0.15) is 5.75 Å². The molecule has 174 valence electrons. The lowest BCUT2D eigenvalue weighted by atomic mass is 10.1. The number of nitrogens with zero attached hydrogens (tertiary/aromatic N) is 1. The first-order chi connectivity index (χ1) is 15.0. The second-order valence-corrected chi connectivity index (χ2v) is 9.07. The largest absolute Gasteiger partial charge is 0.493 e. The molecule has 1 aliphatic rings. The van der Waals surface area contributed by atoms with Crippen LogP contribution in [0.4, 0.5) is 23.2 Å². The Morgan fingerprint density at radius 2 is 1.81 bits per heavy atom. The Bertz CT molecular complexity index is 1100. The zero-order valence-corrected chi connectivity index (χ0v) is 18.0. The van der Waals surface area contributed by atoms with E-state index in [0.29, 0.717) is 17.1 Å². The van der Waals surface area contributed by atoms with Crippen molar-refractivity contribution in [1.82, 2.24) is 4.90 Å². The van der Waals surface area contributed by atoms with E-state index >= 15 is 0 Å². The number of halogens is 4. The van der Waals surface area contributed by atoms with Gasteiger partial charge in [0.05, 0.1) is 17.2 Å². The van der Waals surface area contributed by atoms with Crippen molar-refractivity contribution in [2.45, 2.75) is 50.3 Å². The van der Waals surface area contributed by atoms with Gasteiger partial charge in [0.2, 0.25) is 0 Å². The Morgan fingerprint density at radius 1 is 1.09 bits per heavy atom. The van der Waals surface area contributed by atoms with Crippen LogP contribution < -0.4 is 9.46 Å². The molecule has 1 heterocycles. The topological polar surface area (TPSA) is 75.7 Å². The number of ether oxygens (including phenoxy) is 1. The fraction of sp³-hybridized carbons (Fsp3) is 0.381. The summed E-state index contributed by atoms with van der Waals surface area (Å²) in [5.41, 5.74) is 0.402. The summed E-state index contributed by atoms with van der Waals surface area (Å²) in [6.07, 6.45) is -2.21. The predicted octanol–water partition coefficient (Wildman–Crippen LogP) is 4.60. The molecule has 0 unspecified atom stereocenters. The quantitative estimate of drug-likeness (QED) is 0.448. The van der Waals surface area contributed by atoms with Gasteiger partial charge in [-0.2, -0.15) is 13.2 Å². The van der Waals surface area contributed by atoms with Crippen molar-refractivity contribution < 1.29 is 35.5 Å². The molecule has 2 aromatic carbocycles. The second kappa shape index (κ2) is 9.35. The first-order valence-electron chi connectivity index (χ1n) is 9.94. The van der Waals surface area contributed by atoms with Crippen LogP contribution in [0.3, 0.4) is 0 Å². The van der Waals surface area contributed by atoms with Crippen LogP contribution in [0.2, 0.25) is 0 Å². The zero-order valence-electron chi connectivity index (χ0n) is 17.2. The maximum Gasteiger partial charge on any atom is 0.471 e. The van der Waals surface area contributed by atoms with E-state index in [2.05, 4.69) is 4.72 Å². The summed E-state index contributed by atoms with van der Waals surface area (Å²) in [5, 5.41) is 0. The molecule has 0 bridgehead atoms. The number of hydrogen-bond acceptors (Lipinski definition) is 4. The molecule has 1 aliphatic heterocycles. The van der Waals surface area contributed by atoms with Crippen LogP contribution in [0.15, 0.2) is 41.3 Å². The van der Waals surface area contributed by atoms with E-state index < -0.39 is 27.9 Å². The molecule has 0 radical (unpaired) electrons. The van der Waals surface area contributed by atoms with E-state index in [0.717, 1.165) is 25.3 Å². The van der Waals surface area contributed by atoms with E-state index in [1.807, 2.05) is 6.92 Å². The summed E-state index contributed by atoms with van der Waals surface area (Å²) >= 11 is 0. The monoisotopic (exact) mass is 474 g/mol. The van der Waals surface area contributed by atoms with Gasteiger partial charge in [0.15, 0.2) is 5.82 Å². The normalized spacial score (nSPS) is 13.7. The number of sulfonamides is 1. The van der Waals surface area contributed by atoms with Gasteiger partial charge < -0.3 is 9.64 Å². The molecule has 11 heteroatoms. The summed E-state index contributed by atoms with van der Waals surface area (Å²) < 4.78 is 85.3. The maximum absolute atomic E-state index is 14.4. The first-order valence-corrected chi connectivity index (χ1v) is 11.4. The van der Waals surface area contributed by atoms with E-state index in [9.17, 15) is 30.8 Å². The number of rotatable bonds is 8. The number of amides is 1. The molecule has 0 aromatic heterocycles. The molecule has 1 N–H and O–H groups in total. The van der Waals surface area contributed by atoms with Crippen molar-refractivity contribution >= 4 is 21.6 Å². The third-order valence-corrected chi connectivity index (χ3v) is 6.30. The van der Waals surface area contributed by atoms with Gasteiger partial charge in [-0.15, -0.1) is 0 Å². The molecule has 6 nitrogen and oxygen atoms in total. The van der Waals surface area contributed by atoms with Gasteiger partial charge in [-0.3, -0.25) is 9.52 Å². The van der Waals surface area contributed by atoms with Crippen LogP contribution in [0, 0.1) is 5.82 Å². The number of fused-ring (bicyclic) bond motifs is 1. The number of nitrogens with one attached hydrogen (secondary N) is 1. The minimum Gasteiger partial charge on any atom is -0.493 e. The molecule has 0 aliphatic carbocycles. The molecular formula is C21H22F4N2O4S. The third kappa shape index (κ3) is 5.50. The van der Waals surface area contributed by atoms with Gasteiger partial charge >= 0.3 is 12.1 Å². The van der Waals surface area contributed by atoms with E-state index in [-0.39, 0.29) is 35.0 Å². The summed E-state index contributed by atoms with van der Waals surface area (Å²) in [4.78, 5) is 11.8. The first kappa shape index (κ1) is 23.8. The number of anilines is 1. The van der Waals surface area contributed by atoms with Crippen LogP contribution in [0.5, 0.6) is 5.75 Å². The van der Waals surface area contributed by atoms with Crippen LogP contribution in [-0.4, -0.2) is 32.0 Å². The number of alkyl halides is 3. The number of carbonyl (C=O) groups is 1. The summed E-state index contributed by atoms with van der Waals surface area (Å²) in [6, 6.07) is 7.48. The SMILES string of the molecule is CCCCCOc1ccc(NS(=O)(=O)c2ccc3c(c2)CN(C(=O)C(F)(F)F)C3)c(F)c1. The Balaban J connectivity index is 1.72. The number of unbranched alkanes of at least 4 members (excludes halogenated alkanes) is 2. The highest BCUT2D eigenvalue weighted by atomic mass is 32.2. The smallest absolute Gasteiger partial charge is 0.471 e. The highest BCUT2D eigenvalue weighted by Crippen LogP contribution is 2.30. The number of hydrogen-bond donors (Lipinski definition) is 1. The van der Waals surface area contributed by atoms with E-state index in [1.54, 1.807) is 0 Å². The minimum absolute atomic E-state index is 0.253. The lowest BCUT2D eigenvalue weighted by molar-refractivity contribution is -0.186. The summed E-state index contributed by atoms with van der Waals surface area (Å²) in [7, 11) is -4.22. The van der Waals surface area contributed by atoms with E-state index in [1.165, 1.54) is 30.3 Å². The standard InChI is InChI=1S/C21H22F4N2O4S/c1-2-3-4-9-31-16-6-8-19(18(22)11-16)26-32(29,30)17-7-5-14-12-27(13-15(14)10-17)20(28)21(23,24)25/h5-8,10-11,26H,2-4,9,12-13H2,1H3. The van der Waals surface area contributed by atoms with Crippen LogP contribution >= 0.6 is 0 Å². The second-order valence-electron chi connectivity index (χ2n) is 7.39. The molecule has 32 heavy (non-hydrogen) atoms. The summed E-state index contributed by atoms with van der Waals surface area (Å²) in [6.45, 7) is 1.83. The average Bonchev–Trinajstić information content (AvgIpc) is 3.15. The van der Waals surface area contributed by atoms with Crippen molar-refractivity contribution in [3.63, 3.8) is 0 Å². The van der Waals surface area contributed by atoms with Gasteiger partial charge in [-0.25, -0.2) is 12.8 Å². The molecule has 0 spiro atoms. The van der Waals surface area contributed by atoms with Crippen molar-refractivity contribution in [2.24, 2.45) is 0 Å². The fourth-order valence-electron chi connectivity index (χ4n) is 3.28. The molecule has 0 saturated carbocycles.